The van der Waals surface area contributed by atoms with Crippen LogP contribution in [0.2, 0.25) is 0 Å². The van der Waals surface area contributed by atoms with Crippen LogP contribution in [0.5, 0.6) is 5.75 Å². The first-order chi connectivity index (χ1) is 17.4. The highest BCUT2D eigenvalue weighted by molar-refractivity contribution is 6.02. The van der Waals surface area contributed by atoms with E-state index in [0.717, 1.165) is 35.2 Å². The molecule has 0 atom stereocenters. The van der Waals surface area contributed by atoms with Crippen molar-refractivity contribution in [1.29, 1.82) is 0 Å². The second-order valence-corrected chi connectivity index (χ2v) is 9.30. The predicted octanol–water partition coefficient (Wildman–Crippen LogP) is 6.78. The summed E-state index contributed by atoms with van der Waals surface area (Å²) in [7, 11) is 3.52. The van der Waals surface area contributed by atoms with Crippen LogP contribution < -0.4 is 20.3 Å². The lowest BCUT2D eigenvalue weighted by Crippen LogP contribution is -2.34. The first-order valence-electron chi connectivity index (χ1n) is 12.3. The van der Waals surface area contributed by atoms with Crippen molar-refractivity contribution in [2.24, 2.45) is 0 Å². The summed E-state index contributed by atoms with van der Waals surface area (Å²) in [6.45, 7) is 2.00. The van der Waals surface area contributed by atoms with Gasteiger partial charge < -0.3 is 25.4 Å². The molecule has 2 amide bonds. The van der Waals surface area contributed by atoms with E-state index < -0.39 is 5.97 Å². The van der Waals surface area contributed by atoms with E-state index in [9.17, 15) is 14.7 Å². The topological polar surface area (TPSA) is 90.9 Å². The van der Waals surface area contributed by atoms with Crippen LogP contribution in [0, 0.1) is 6.92 Å². The first-order valence-corrected chi connectivity index (χ1v) is 12.3. The van der Waals surface area contributed by atoms with Gasteiger partial charge in [-0.3, -0.25) is 0 Å². The zero-order valence-electron chi connectivity index (χ0n) is 21.0. The molecule has 1 saturated carbocycles. The molecule has 0 bridgehead atoms. The summed E-state index contributed by atoms with van der Waals surface area (Å²) in [5.41, 5.74) is 5.02. The summed E-state index contributed by atoms with van der Waals surface area (Å²) in [6, 6.07) is 18.6. The van der Waals surface area contributed by atoms with Crippen LogP contribution in [-0.2, 0) is 0 Å². The average molecular weight is 488 g/mol. The number of urea groups is 1. The highest BCUT2D eigenvalue weighted by atomic mass is 16.5. The van der Waals surface area contributed by atoms with E-state index in [0.29, 0.717) is 23.2 Å². The maximum atomic E-state index is 13.0. The molecule has 0 unspecified atom stereocenters. The first kappa shape index (κ1) is 25.1. The number of hydrogen-bond donors (Lipinski definition) is 3. The quantitative estimate of drug-likeness (QED) is 0.342. The van der Waals surface area contributed by atoms with Crippen molar-refractivity contribution in [3.63, 3.8) is 0 Å². The van der Waals surface area contributed by atoms with Gasteiger partial charge in [0.1, 0.15) is 11.3 Å². The van der Waals surface area contributed by atoms with Crippen molar-refractivity contribution in [2.75, 3.05) is 29.7 Å². The summed E-state index contributed by atoms with van der Waals surface area (Å²) in [6.07, 6.45) is 5.90. The molecule has 0 saturated heterocycles. The number of methoxy groups -OCH3 is 1. The standard InChI is InChI=1S/C29H33N3O4/c1-19-9-13-22(14-10-19)30-29(35)31-25-18-21(20-12-16-27(36-3)24(17-20)28(33)34)11-15-26(25)32(2)23-7-5-4-6-8-23/h9-18,23H,4-8H2,1-3H3,(H,33,34)(H2,30,31,35). The largest absolute Gasteiger partial charge is 0.496 e. The second kappa shape index (κ2) is 11.2. The Kier molecular flexibility index (Phi) is 7.78. The lowest BCUT2D eigenvalue weighted by Gasteiger charge is -2.34. The molecule has 0 radical (unpaired) electrons. The Bertz CT molecular complexity index is 1230. The normalized spacial score (nSPS) is 13.6. The molecule has 1 aliphatic carbocycles. The number of aromatic carboxylic acids is 1. The number of carboxylic acids is 1. The monoisotopic (exact) mass is 487 g/mol. The van der Waals surface area contributed by atoms with Crippen molar-refractivity contribution in [2.45, 2.75) is 45.1 Å². The number of aryl methyl sites for hydroxylation is 1. The summed E-state index contributed by atoms with van der Waals surface area (Å²) in [4.78, 5) is 26.9. The van der Waals surface area contributed by atoms with Crippen LogP contribution in [0.25, 0.3) is 11.1 Å². The number of nitrogens with zero attached hydrogens (tertiary/aromatic N) is 1. The number of carboxylic acid groups (broad SMARTS) is 1. The fourth-order valence-electron chi connectivity index (χ4n) is 4.76. The number of amides is 2. The summed E-state index contributed by atoms with van der Waals surface area (Å²) >= 11 is 0. The summed E-state index contributed by atoms with van der Waals surface area (Å²) in [5, 5.41) is 15.5. The molecule has 7 nitrogen and oxygen atoms in total. The minimum atomic E-state index is -1.06. The zero-order chi connectivity index (χ0) is 25.7. The molecule has 0 aliphatic heterocycles. The molecule has 1 fully saturated rings. The van der Waals surface area contributed by atoms with Gasteiger partial charge in [-0.15, -0.1) is 0 Å². The van der Waals surface area contributed by atoms with E-state index in [2.05, 4.69) is 22.6 Å². The van der Waals surface area contributed by atoms with Crippen LogP contribution in [0.1, 0.15) is 48.0 Å². The van der Waals surface area contributed by atoms with Gasteiger partial charge in [0.15, 0.2) is 0 Å². The number of benzene rings is 3. The van der Waals surface area contributed by atoms with E-state index in [1.165, 1.54) is 26.4 Å². The summed E-state index contributed by atoms with van der Waals surface area (Å²) in [5.74, 6) is -0.756. The smallest absolute Gasteiger partial charge is 0.339 e. The molecule has 188 valence electrons. The number of carbonyl (C=O) groups is 2. The molecule has 4 rings (SSSR count). The molecule has 3 N–H and O–H groups in total. The third-order valence-electron chi connectivity index (χ3n) is 6.82. The lowest BCUT2D eigenvalue weighted by molar-refractivity contribution is 0.0693. The van der Waals surface area contributed by atoms with Gasteiger partial charge in [0.05, 0.1) is 18.5 Å². The van der Waals surface area contributed by atoms with Crippen LogP contribution in [0.3, 0.4) is 0 Å². The Labute approximate surface area is 212 Å². The maximum Gasteiger partial charge on any atom is 0.339 e. The van der Waals surface area contributed by atoms with Crippen LogP contribution >= 0.6 is 0 Å². The van der Waals surface area contributed by atoms with E-state index in [-0.39, 0.29) is 11.6 Å². The Morgan fingerprint density at radius 1 is 0.917 bits per heavy atom. The minimum Gasteiger partial charge on any atom is -0.496 e. The highest BCUT2D eigenvalue weighted by Crippen LogP contribution is 2.36. The molecular formula is C29H33N3O4. The molecule has 3 aromatic rings. The fourth-order valence-corrected chi connectivity index (χ4v) is 4.76. The second-order valence-electron chi connectivity index (χ2n) is 9.30. The predicted molar refractivity (Wildman–Crippen MR) is 144 cm³/mol. The summed E-state index contributed by atoms with van der Waals surface area (Å²) < 4.78 is 5.20. The van der Waals surface area contributed by atoms with Crippen molar-refractivity contribution < 1.29 is 19.4 Å². The third-order valence-corrected chi connectivity index (χ3v) is 6.82. The van der Waals surface area contributed by atoms with Gasteiger partial charge in [-0.25, -0.2) is 9.59 Å². The maximum absolute atomic E-state index is 13.0. The number of anilines is 3. The zero-order valence-corrected chi connectivity index (χ0v) is 21.0. The molecule has 7 heteroatoms. The molecule has 3 aromatic carbocycles. The Morgan fingerprint density at radius 3 is 2.25 bits per heavy atom. The van der Waals surface area contributed by atoms with Crippen LogP contribution in [0.4, 0.5) is 21.9 Å². The SMILES string of the molecule is COc1ccc(-c2ccc(N(C)C3CCCCC3)c(NC(=O)Nc3ccc(C)cc3)c2)cc1C(=O)O. The molecule has 0 spiro atoms. The Balaban J connectivity index is 1.68. The number of nitrogens with one attached hydrogen (secondary N) is 2. The minimum absolute atomic E-state index is 0.0880. The van der Waals surface area contributed by atoms with Gasteiger partial charge in [0.2, 0.25) is 0 Å². The van der Waals surface area contributed by atoms with Gasteiger partial charge in [-0.2, -0.15) is 0 Å². The van der Waals surface area contributed by atoms with Crippen molar-refractivity contribution in [3.8, 4) is 16.9 Å². The fraction of sp³-hybridized carbons (Fsp3) is 0.310. The molecule has 0 aromatic heterocycles. The molecule has 0 heterocycles. The number of hydrogen-bond acceptors (Lipinski definition) is 4. The van der Waals surface area contributed by atoms with Gasteiger partial charge in [0.25, 0.3) is 0 Å². The number of carbonyl (C=O) groups excluding carboxylic acids is 1. The van der Waals surface area contributed by atoms with Gasteiger partial charge in [0, 0.05) is 18.8 Å². The number of ether oxygens (including phenoxy) is 1. The molecule has 1 aliphatic rings. The van der Waals surface area contributed by atoms with Crippen LogP contribution in [0.15, 0.2) is 60.7 Å². The van der Waals surface area contributed by atoms with Gasteiger partial charge in [-0.1, -0.05) is 49.1 Å². The van der Waals surface area contributed by atoms with Gasteiger partial charge in [-0.05, 0) is 67.3 Å². The third kappa shape index (κ3) is 5.79. The highest BCUT2D eigenvalue weighted by Gasteiger charge is 2.22. The lowest BCUT2D eigenvalue weighted by atomic mass is 9.93. The van der Waals surface area contributed by atoms with Crippen molar-refractivity contribution in [1.82, 2.24) is 0 Å². The Morgan fingerprint density at radius 2 is 1.58 bits per heavy atom. The Hall–Kier alpha value is -4.00. The van der Waals surface area contributed by atoms with Crippen molar-refractivity contribution >= 4 is 29.1 Å². The van der Waals surface area contributed by atoms with E-state index in [1.54, 1.807) is 12.1 Å². The van der Waals surface area contributed by atoms with E-state index in [4.69, 9.17) is 4.74 Å². The molecular weight excluding hydrogens is 454 g/mol. The molecule has 36 heavy (non-hydrogen) atoms. The average Bonchev–Trinajstić information content (AvgIpc) is 2.89. The number of rotatable bonds is 7. The van der Waals surface area contributed by atoms with Crippen molar-refractivity contribution in [3.05, 3.63) is 71.8 Å². The van der Waals surface area contributed by atoms with Crippen LogP contribution in [-0.4, -0.2) is 37.3 Å². The van der Waals surface area contributed by atoms with E-state index >= 15 is 0 Å². The van der Waals surface area contributed by atoms with E-state index in [1.807, 2.05) is 55.5 Å². The van der Waals surface area contributed by atoms with Gasteiger partial charge >= 0.3 is 12.0 Å².